The average Bonchev–Trinajstić information content (AvgIpc) is 2.75. The SMILES string of the molecule is C=C(C)N=C(N)SCC(=O)OCN1C(=O)c2ccccc2C1=O. The van der Waals surface area contributed by atoms with Crippen LogP contribution in [0.2, 0.25) is 0 Å². The summed E-state index contributed by atoms with van der Waals surface area (Å²) >= 11 is 0.988. The van der Waals surface area contributed by atoms with E-state index in [1.165, 1.54) is 0 Å². The van der Waals surface area contributed by atoms with E-state index in [2.05, 4.69) is 11.6 Å². The van der Waals surface area contributed by atoms with E-state index in [1.807, 2.05) is 0 Å². The second kappa shape index (κ2) is 7.10. The summed E-state index contributed by atoms with van der Waals surface area (Å²) in [5, 5.41) is 0.190. The number of amidine groups is 1. The first kappa shape index (κ1) is 16.8. The number of ether oxygens (including phenoxy) is 1. The molecule has 1 aliphatic heterocycles. The maximum atomic E-state index is 12.1. The molecule has 2 amide bonds. The maximum Gasteiger partial charge on any atom is 0.318 e. The zero-order chi connectivity index (χ0) is 17.0. The summed E-state index contributed by atoms with van der Waals surface area (Å²) in [6.45, 7) is 4.82. The number of carbonyl (C=O) groups excluding carboxylic acids is 3. The fourth-order valence-corrected chi connectivity index (χ4v) is 2.46. The van der Waals surface area contributed by atoms with Gasteiger partial charge in [-0.05, 0) is 19.1 Å². The third-order valence-electron chi connectivity index (χ3n) is 2.87. The standard InChI is InChI=1S/C15H15N3O4S/c1-9(2)17-15(16)23-7-12(19)22-8-18-13(20)10-5-3-4-6-11(10)14(18)21/h3-6H,1,7-8H2,2H3,(H2,16,17). The molecule has 2 rings (SSSR count). The van der Waals surface area contributed by atoms with Gasteiger partial charge in [-0.15, -0.1) is 0 Å². The highest BCUT2D eigenvalue weighted by Gasteiger charge is 2.35. The number of nitrogens with zero attached hydrogens (tertiary/aromatic N) is 2. The normalized spacial score (nSPS) is 14.0. The van der Waals surface area contributed by atoms with Crippen molar-refractivity contribution < 1.29 is 19.1 Å². The summed E-state index contributed by atoms with van der Waals surface area (Å²) in [5.41, 5.74) is 6.70. The third kappa shape index (κ3) is 3.98. The fourth-order valence-electron chi connectivity index (χ4n) is 1.89. The van der Waals surface area contributed by atoms with Gasteiger partial charge < -0.3 is 10.5 Å². The van der Waals surface area contributed by atoms with Crippen LogP contribution in [0.5, 0.6) is 0 Å². The van der Waals surface area contributed by atoms with E-state index in [0.717, 1.165) is 16.7 Å². The van der Waals surface area contributed by atoms with Crippen LogP contribution in [0.1, 0.15) is 27.6 Å². The molecule has 0 saturated carbocycles. The van der Waals surface area contributed by atoms with E-state index >= 15 is 0 Å². The lowest BCUT2D eigenvalue weighted by Gasteiger charge is -2.13. The molecule has 0 unspecified atom stereocenters. The molecule has 1 aliphatic rings. The van der Waals surface area contributed by atoms with Crippen LogP contribution in [0.15, 0.2) is 41.5 Å². The Hall–Kier alpha value is -2.61. The van der Waals surface area contributed by atoms with E-state index in [1.54, 1.807) is 31.2 Å². The van der Waals surface area contributed by atoms with Crippen LogP contribution in [0.4, 0.5) is 0 Å². The lowest BCUT2D eigenvalue weighted by molar-refractivity contribution is -0.142. The molecule has 120 valence electrons. The van der Waals surface area contributed by atoms with E-state index in [0.29, 0.717) is 16.8 Å². The van der Waals surface area contributed by atoms with Crippen molar-refractivity contribution in [2.75, 3.05) is 12.5 Å². The van der Waals surface area contributed by atoms with Crippen molar-refractivity contribution in [3.8, 4) is 0 Å². The quantitative estimate of drug-likeness (QED) is 0.378. The second-order valence-electron chi connectivity index (χ2n) is 4.70. The van der Waals surface area contributed by atoms with E-state index in [4.69, 9.17) is 10.5 Å². The molecular weight excluding hydrogens is 318 g/mol. The molecule has 7 nitrogen and oxygen atoms in total. The summed E-state index contributed by atoms with van der Waals surface area (Å²) in [5.74, 6) is -1.64. The fraction of sp³-hybridized carbons (Fsp3) is 0.200. The number of thioether (sulfide) groups is 1. The highest BCUT2D eigenvalue weighted by molar-refractivity contribution is 8.14. The lowest BCUT2D eigenvalue weighted by atomic mass is 10.1. The number of imide groups is 1. The van der Waals surface area contributed by atoms with Gasteiger partial charge in [0.1, 0.15) is 0 Å². The first-order chi connectivity index (χ1) is 10.9. The van der Waals surface area contributed by atoms with Gasteiger partial charge in [0.05, 0.1) is 16.9 Å². The Morgan fingerprint density at radius 3 is 2.39 bits per heavy atom. The van der Waals surface area contributed by atoms with Gasteiger partial charge in [0.15, 0.2) is 11.9 Å². The number of hydrogen-bond donors (Lipinski definition) is 1. The molecule has 0 spiro atoms. The minimum Gasteiger partial charge on any atom is -0.443 e. The topological polar surface area (TPSA) is 102 Å². The van der Waals surface area contributed by atoms with Gasteiger partial charge in [0.25, 0.3) is 11.8 Å². The molecule has 0 saturated heterocycles. The molecule has 2 N–H and O–H groups in total. The molecule has 0 bridgehead atoms. The Kier molecular flexibility index (Phi) is 5.17. The highest BCUT2D eigenvalue weighted by Crippen LogP contribution is 2.22. The van der Waals surface area contributed by atoms with E-state index in [9.17, 15) is 14.4 Å². The van der Waals surface area contributed by atoms with Crippen molar-refractivity contribution in [2.45, 2.75) is 6.92 Å². The summed E-state index contributed by atoms with van der Waals surface area (Å²) in [6.07, 6.45) is 0. The number of carbonyl (C=O) groups is 3. The maximum absolute atomic E-state index is 12.1. The van der Waals surface area contributed by atoms with Crippen LogP contribution in [0.25, 0.3) is 0 Å². The van der Waals surface area contributed by atoms with Gasteiger partial charge in [-0.1, -0.05) is 30.5 Å². The van der Waals surface area contributed by atoms with Gasteiger partial charge in [-0.2, -0.15) is 0 Å². The van der Waals surface area contributed by atoms with Crippen molar-refractivity contribution in [3.05, 3.63) is 47.7 Å². The van der Waals surface area contributed by atoms with Crippen LogP contribution in [-0.4, -0.2) is 40.3 Å². The Morgan fingerprint density at radius 1 is 1.30 bits per heavy atom. The zero-order valence-corrected chi connectivity index (χ0v) is 13.3. The average molecular weight is 333 g/mol. The number of nitrogens with two attached hydrogens (primary N) is 1. The minimum atomic E-state index is -0.605. The number of fused-ring (bicyclic) bond motifs is 1. The number of esters is 1. The molecule has 23 heavy (non-hydrogen) atoms. The van der Waals surface area contributed by atoms with E-state index in [-0.39, 0.29) is 10.9 Å². The Bertz CT molecular complexity index is 679. The van der Waals surface area contributed by atoms with Gasteiger partial charge >= 0.3 is 5.97 Å². The molecule has 1 aromatic rings. The molecule has 1 aromatic carbocycles. The van der Waals surface area contributed by atoms with Gasteiger partial charge in [-0.25, -0.2) is 9.89 Å². The third-order valence-corrected chi connectivity index (χ3v) is 3.64. The molecule has 0 radical (unpaired) electrons. The van der Waals surface area contributed by atoms with Gasteiger partial charge in [-0.3, -0.25) is 14.4 Å². The Labute approximate surface area is 137 Å². The minimum absolute atomic E-state index is 0.0776. The number of rotatable bonds is 5. The van der Waals surface area contributed by atoms with Crippen molar-refractivity contribution in [3.63, 3.8) is 0 Å². The van der Waals surface area contributed by atoms with Crippen molar-refractivity contribution in [2.24, 2.45) is 10.7 Å². The second-order valence-corrected chi connectivity index (χ2v) is 5.70. The predicted octanol–water partition coefficient (Wildman–Crippen LogP) is 1.36. The monoisotopic (exact) mass is 333 g/mol. The smallest absolute Gasteiger partial charge is 0.318 e. The molecule has 0 aliphatic carbocycles. The number of aliphatic imine (C=N–C) groups is 1. The summed E-state index contributed by atoms with van der Waals surface area (Å²) in [6, 6.07) is 6.45. The number of benzene rings is 1. The molecule has 0 fully saturated rings. The Morgan fingerprint density at radius 2 is 1.87 bits per heavy atom. The predicted molar refractivity (Wildman–Crippen MR) is 86.8 cm³/mol. The van der Waals surface area contributed by atoms with Crippen molar-refractivity contribution in [1.82, 2.24) is 4.90 Å². The van der Waals surface area contributed by atoms with Gasteiger partial charge in [0.2, 0.25) is 0 Å². The molecule has 0 atom stereocenters. The van der Waals surface area contributed by atoms with Crippen molar-refractivity contribution >= 4 is 34.7 Å². The highest BCUT2D eigenvalue weighted by atomic mass is 32.2. The summed E-state index contributed by atoms with van der Waals surface area (Å²) in [4.78, 5) is 40.5. The molecule has 1 heterocycles. The van der Waals surface area contributed by atoms with Crippen LogP contribution in [0.3, 0.4) is 0 Å². The van der Waals surface area contributed by atoms with Crippen molar-refractivity contribution in [1.29, 1.82) is 0 Å². The van der Waals surface area contributed by atoms with Crippen LogP contribution < -0.4 is 5.73 Å². The number of allylic oxidation sites excluding steroid dienone is 1. The first-order valence-corrected chi connectivity index (χ1v) is 7.62. The van der Waals surface area contributed by atoms with E-state index < -0.39 is 24.5 Å². The lowest BCUT2D eigenvalue weighted by Crippen LogP contribution is -2.33. The number of amides is 2. The van der Waals surface area contributed by atoms with Gasteiger partial charge in [0, 0.05) is 5.70 Å². The largest absolute Gasteiger partial charge is 0.443 e. The Balaban J connectivity index is 1.88. The zero-order valence-electron chi connectivity index (χ0n) is 12.4. The molecular formula is C15H15N3O4S. The summed E-state index contributed by atoms with van der Waals surface area (Å²) in [7, 11) is 0. The van der Waals surface area contributed by atoms with Crippen LogP contribution in [0, 0.1) is 0 Å². The van der Waals surface area contributed by atoms with Crippen LogP contribution >= 0.6 is 11.8 Å². The molecule has 0 aromatic heterocycles. The number of hydrogen-bond acceptors (Lipinski definition) is 6. The first-order valence-electron chi connectivity index (χ1n) is 6.63. The molecule has 8 heteroatoms. The van der Waals surface area contributed by atoms with Crippen LogP contribution in [-0.2, 0) is 9.53 Å². The summed E-state index contributed by atoms with van der Waals surface area (Å²) < 4.78 is 4.94.